The fraction of sp³-hybridized carbons (Fsp3) is 1.00. The monoisotopic (exact) mass is 255 g/mol. The van der Waals surface area contributed by atoms with Crippen LogP contribution in [0.5, 0.6) is 0 Å². The van der Waals surface area contributed by atoms with Gasteiger partial charge in [0.2, 0.25) is 0 Å². The summed E-state index contributed by atoms with van der Waals surface area (Å²) in [5, 5.41) is 3.45. The lowest BCUT2D eigenvalue weighted by atomic mass is 9.68. The molecule has 0 amide bonds. The number of hydrogen-bond acceptors (Lipinski definition) is 2. The van der Waals surface area contributed by atoms with Gasteiger partial charge in [-0.05, 0) is 44.1 Å². The van der Waals surface area contributed by atoms with E-state index >= 15 is 0 Å². The minimum atomic E-state index is 0.422. The molecular weight excluding hydrogens is 222 g/mol. The van der Waals surface area contributed by atoms with Crippen LogP contribution in [0.3, 0.4) is 0 Å². The first-order valence-electron chi connectivity index (χ1n) is 7.84. The number of nitrogens with one attached hydrogen (secondary N) is 1. The van der Waals surface area contributed by atoms with Crippen molar-refractivity contribution in [1.29, 1.82) is 0 Å². The van der Waals surface area contributed by atoms with Crippen molar-refractivity contribution in [3.05, 3.63) is 0 Å². The lowest BCUT2D eigenvalue weighted by Crippen LogP contribution is -2.46. The molecule has 1 aliphatic carbocycles. The molecule has 0 radical (unpaired) electrons. The van der Waals surface area contributed by atoms with Crippen LogP contribution in [0.2, 0.25) is 0 Å². The third-order valence-corrected chi connectivity index (χ3v) is 5.01. The molecule has 0 spiro atoms. The highest BCUT2D eigenvalue weighted by Gasteiger charge is 2.37. The maximum atomic E-state index is 6.13. The van der Waals surface area contributed by atoms with Crippen LogP contribution in [0, 0.1) is 11.3 Å². The molecule has 1 saturated carbocycles. The molecule has 1 aliphatic rings. The third kappa shape index (κ3) is 4.24. The van der Waals surface area contributed by atoms with Crippen LogP contribution in [0.4, 0.5) is 0 Å². The fourth-order valence-corrected chi connectivity index (χ4v) is 3.02. The van der Waals surface area contributed by atoms with Crippen LogP contribution in [-0.4, -0.2) is 25.8 Å². The zero-order chi connectivity index (χ0) is 13.6. The van der Waals surface area contributed by atoms with Crippen molar-refractivity contribution in [2.45, 2.75) is 78.4 Å². The quantitative estimate of drug-likeness (QED) is 0.694. The van der Waals surface area contributed by atoms with Crippen LogP contribution < -0.4 is 5.32 Å². The molecule has 3 atom stereocenters. The number of hydrogen-bond donors (Lipinski definition) is 1. The maximum Gasteiger partial charge on any atom is 0.0730 e. The first-order valence-corrected chi connectivity index (χ1v) is 7.84. The summed E-state index contributed by atoms with van der Waals surface area (Å²) in [6, 6.07) is 0.561. The van der Waals surface area contributed by atoms with Crippen molar-refractivity contribution in [3.63, 3.8) is 0 Å². The smallest absolute Gasteiger partial charge is 0.0730 e. The van der Waals surface area contributed by atoms with Gasteiger partial charge in [-0.3, -0.25) is 0 Å². The van der Waals surface area contributed by atoms with Gasteiger partial charge in [0.25, 0.3) is 0 Å². The molecule has 0 aromatic rings. The molecule has 2 nitrogen and oxygen atoms in total. The van der Waals surface area contributed by atoms with Gasteiger partial charge < -0.3 is 10.1 Å². The average Bonchev–Trinajstić information content (AvgIpc) is 2.39. The van der Waals surface area contributed by atoms with Crippen LogP contribution in [-0.2, 0) is 4.74 Å². The SMILES string of the molecule is CCCCOC1CC(C(C)(C)CC)CCC1NC. The molecule has 0 aliphatic heterocycles. The Kier molecular flexibility index (Phi) is 6.65. The van der Waals surface area contributed by atoms with Crippen LogP contribution in [0.25, 0.3) is 0 Å². The van der Waals surface area contributed by atoms with E-state index in [9.17, 15) is 0 Å². The van der Waals surface area contributed by atoms with E-state index in [1.807, 2.05) is 0 Å². The standard InChI is InChI=1S/C16H33NO/c1-6-8-11-18-15-12-13(16(3,4)7-2)9-10-14(15)17-5/h13-15,17H,6-12H2,1-5H3. The fourth-order valence-electron chi connectivity index (χ4n) is 3.02. The average molecular weight is 255 g/mol. The summed E-state index contributed by atoms with van der Waals surface area (Å²) in [6.45, 7) is 10.3. The van der Waals surface area contributed by atoms with E-state index in [4.69, 9.17) is 4.74 Å². The van der Waals surface area contributed by atoms with Gasteiger partial charge in [-0.2, -0.15) is 0 Å². The topological polar surface area (TPSA) is 21.3 Å². The summed E-state index contributed by atoms with van der Waals surface area (Å²) < 4.78 is 6.13. The van der Waals surface area contributed by atoms with E-state index in [1.54, 1.807) is 0 Å². The molecule has 0 bridgehead atoms. The van der Waals surface area contributed by atoms with E-state index in [2.05, 4.69) is 40.1 Å². The van der Waals surface area contributed by atoms with Crippen LogP contribution in [0.1, 0.15) is 66.2 Å². The van der Waals surface area contributed by atoms with Gasteiger partial charge in [-0.25, -0.2) is 0 Å². The molecule has 0 aromatic heterocycles. The van der Waals surface area contributed by atoms with Gasteiger partial charge in [0.15, 0.2) is 0 Å². The molecule has 0 heterocycles. The van der Waals surface area contributed by atoms with Crippen molar-refractivity contribution in [3.8, 4) is 0 Å². The lowest BCUT2D eigenvalue weighted by Gasteiger charge is -2.43. The van der Waals surface area contributed by atoms with Crippen molar-refractivity contribution in [2.75, 3.05) is 13.7 Å². The van der Waals surface area contributed by atoms with Crippen LogP contribution in [0.15, 0.2) is 0 Å². The van der Waals surface area contributed by atoms with Crippen LogP contribution >= 0.6 is 0 Å². The Morgan fingerprint density at radius 2 is 1.94 bits per heavy atom. The van der Waals surface area contributed by atoms with Gasteiger partial charge in [-0.1, -0.05) is 40.5 Å². The second kappa shape index (κ2) is 7.49. The van der Waals surface area contributed by atoms with Gasteiger partial charge in [0.1, 0.15) is 0 Å². The Morgan fingerprint density at radius 1 is 1.22 bits per heavy atom. The summed E-state index contributed by atoms with van der Waals surface area (Å²) in [5.41, 5.74) is 0.463. The normalized spacial score (nSPS) is 29.5. The van der Waals surface area contributed by atoms with Gasteiger partial charge in [-0.15, -0.1) is 0 Å². The summed E-state index contributed by atoms with van der Waals surface area (Å²) in [7, 11) is 2.08. The molecule has 108 valence electrons. The second-order valence-electron chi connectivity index (χ2n) is 6.51. The Morgan fingerprint density at radius 3 is 2.50 bits per heavy atom. The minimum Gasteiger partial charge on any atom is -0.377 e. The van der Waals surface area contributed by atoms with Gasteiger partial charge in [0.05, 0.1) is 6.10 Å². The zero-order valence-electron chi connectivity index (χ0n) is 13.1. The van der Waals surface area contributed by atoms with E-state index in [1.165, 1.54) is 38.5 Å². The number of likely N-dealkylation sites (N-methyl/N-ethyl adjacent to an activating group) is 1. The Bertz CT molecular complexity index is 227. The van der Waals surface area contributed by atoms with Crippen molar-refractivity contribution in [2.24, 2.45) is 11.3 Å². The molecule has 1 fully saturated rings. The molecule has 18 heavy (non-hydrogen) atoms. The molecule has 2 heteroatoms. The highest BCUT2D eigenvalue weighted by molar-refractivity contribution is 4.90. The summed E-state index contributed by atoms with van der Waals surface area (Å²) in [5.74, 6) is 0.818. The van der Waals surface area contributed by atoms with E-state index in [0.29, 0.717) is 17.6 Å². The largest absolute Gasteiger partial charge is 0.377 e. The Hall–Kier alpha value is -0.0800. The molecule has 1 rings (SSSR count). The van der Waals surface area contributed by atoms with Gasteiger partial charge >= 0.3 is 0 Å². The highest BCUT2D eigenvalue weighted by atomic mass is 16.5. The Balaban J connectivity index is 2.54. The number of ether oxygens (including phenoxy) is 1. The summed E-state index contributed by atoms with van der Waals surface area (Å²) in [6.07, 6.45) is 7.95. The first kappa shape index (κ1) is 16.0. The van der Waals surface area contributed by atoms with Crippen molar-refractivity contribution >= 4 is 0 Å². The minimum absolute atomic E-state index is 0.422. The number of unbranched alkanes of at least 4 members (excludes halogenated alkanes) is 1. The van der Waals surface area contributed by atoms with E-state index in [0.717, 1.165) is 12.5 Å². The maximum absolute atomic E-state index is 6.13. The first-order chi connectivity index (χ1) is 8.55. The van der Waals surface area contributed by atoms with Crippen molar-refractivity contribution < 1.29 is 4.74 Å². The third-order valence-electron chi connectivity index (χ3n) is 5.01. The van der Waals surface area contributed by atoms with Gasteiger partial charge in [0, 0.05) is 12.6 Å². The molecule has 3 unspecified atom stereocenters. The lowest BCUT2D eigenvalue weighted by molar-refractivity contribution is -0.0303. The molecule has 0 aromatic carbocycles. The molecule has 1 N–H and O–H groups in total. The molecule has 0 saturated heterocycles. The predicted molar refractivity (Wildman–Crippen MR) is 78.9 cm³/mol. The van der Waals surface area contributed by atoms with Crippen molar-refractivity contribution in [1.82, 2.24) is 5.32 Å². The predicted octanol–water partition coefficient (Wildman–Crippen LogP) is 4.00. The summed E-state index contributed by atoms with van der Waals surface area (Å²) >= 11 is 0. The molecular formula is C16H33NO. The Labute approximate surface area is 114 Å². The second-order valence-corrected chi connectivity index (χ2v) is 6.51. The zero-order valence-corrected chi connectivity index (χ0v) is 13.1. The van der Waals surface area contributed by atoms with E-state index in [-0.39, 0.29) is 0 Å². The summed E-state index contributed by atoms with van der Waals surface area (Å²) in [4.78, 5) is 0. The highest BCUT2D eigenvalue weighted by Crippen LogP contribution is 2.41. The van der Waals surface area contributed by atoms with E-state index < -0.39 is 0 Å². The number of rotatable bonds is 7.